The molecule has 29 heavy (non-hydrogen) atoms. The maximum Gasteiger partial charge on any atom is 0.329 e. The van der Waals surface area contributed by atoms with Gasteiger partial charge in [-0.05, 0) is 13.3 Å². The van der Waals surface area contributed by atoms with Gasteiger partial charge in [-0.2, -0.15) is 0 Å². The van der Waals surface area contributed by atoms with Crippen LogP contribution >= 0.6 is 0 Å². The summed E-state index contributed by atoms with van der Waals surface area (Å²) in [5.74, 6) is -3.81. The molecule has 2 aliphatic heterocycles. The molecule has 2 unspecified atom stereocenters. The summed E-state index contributed by atoms with van der Waals surface area (Å²) in [6.07, 6.45) is 3.78. The summed E-state index contributed by atoms with van der Waals surface area (Å²) in [7, 11) is 0. The predicted molar refractivity (Wildman–Crippen MR) is 95.9 cm³/mol. The Bertz CT molecular complexity index is 752. The van der Waals surface area contributed by atoms with E-state index in [0.29, 0.717) is 0 Å². The van der Waals surface area contributed by atoms with Crippen molar-refractivity contribution in [1.29, 1.82) is 0 Å². The van der Waals surface area contributed by atoms with Crippen molar-refractivity contribution in [2.24, 2.45) is 0 Å². The number of carboxylic acids is 1. The first-order valence-corrected chi connectivity index (χ1v) is 8.88. The average Bonchev–Trinajstić information content (AvgIpc) is 3.16. The van der Waals surface area contributed by atoms with Crippen LogP contribution in [0.15, 0.2) is 24.3 Å². The number of imide groups is 2. The molecule has 0 radical (unpaired) electrons. The lowest BCUT2D eigenvalue weighted by molar-refractivity contribution is -0.145. The summed E-state index contributed by atoms with van der Waals surface area (Å²) < 4.78 is 4.99. The van der Waals surface area contributed by atoms with Crippen molar-refractivity contribution < 1.29 is 38.6 Å². The SMILES string of the molecule is CC(CNC(=O)CCC(CN1C(=O)C=CC1=O)N1C(=O)C=CC1=O)OCC(=O)O. The van der Waals surface area contributed by atoms with Crippen LogP contribution in [0, 0.1) is 0 Å². The average molecular weight is 407 g/mol. The molecule has 0 saturated carbocycles. The van der Waals surface area contributed by atoms with Gasteiger partial charge in [0.25, 0.3) is 23.6 Å². The van der Waals surface area contributed by atoms with Crippen molar-refractivity contribution in [2.75, 3.05) is 19.7 Å². The smallest absolute Gasteiger partial charge is 0.329 e. The Kier molecular flexibility index (Phi) is 7.37. The maximum absolute atomic E-state index is 12.1. The lowest BCUT2D eigenvalue weighted by Crippen LogP contribution is -2.49. The molecule has 0 aromatic carbocycles. The molecule has 0 bridgehead atoms. The van der Waals surface area contributed by atoms with E-state index in [1.165, 1.54) is 0 Å². The summed E-state index contributed by atoms with van der Waals surface area (Å²) >= 11 is 0. The minimum Gasteiger partial charge on any atom is -0.480 e. The highest BCUT2D eigenvalue weighted by atomic mass is 16.5. The first-order valence-electron chi connectivity index (χ1n) is 8.88. The fraction of sp³-hybridized carbons (Fsp3) is 0.444. The molecule has 11 nitrogen and oxygen atoms in total. The lowest BCUT2D eigenvalue weighted by Gasteiger charge is -2.29. The van der Waals surface area contributed by atoms with Crippen LogP contribution in [-0.4, -0.2) is 82.3 Å². The fourth-order valence-electron chi connectivity index (χ4n) is 2.81. The van der Waals surface area contributed by atoms with E-state index in [1.807, 2.05) is 0 Å². The van der Waals surface area contributed by atoms with Gasteiger partial charge in [-0.1, -0.05) is 0 Å². The molecule has 0 aromatic heterocycles. The van der Waals surface area contributed by atoms with Gasteiger partial charge in [0.2, 0.25) is 5.91 Å². The zero-order valence-corrected chi connectivity index (χ0v) is 15.7. The first-order chi connectivity index (χ1) is 13.7. The van der Waals surface area contributed by atoms with Crippen LogP contribution in [0.2, 0.25) is 0 Å². The Labute approximate surface area is 165 Å². The van der Waals surface area contributed by atoms with Gasteiger partial charge in [-0.25, -0.2) is 4.79 Å². The molecule has 156 valence electrons. The van der Waals surface area contributed by atoms with Crippen LogP contribution in [0.3, 0.4) is 0 Å². The number of amides is 5. The molecule has 0 aliphatic carbocycles. The summed E-state index contributed by atoms with van der Waals surface area (Å²) in [4.78, 5) is 72.0. The highest BCUT2D eigenvalue weighted by Crippen LogP contribution is 2.17. The van der Waals surface area contributed by atoms with Gasteiger partial charge in [0, 0.05) is 37.3 Å². The zero-order valence-electron chi connectivity index (χ0n) is 15.7. The van der Waals surface area contributed by atoms with Gasteiger partial charge in [-0.15, -0.1) is 0 Å². The molecular formula is C18H21N3O8. The Hall–Kier alpha value is -3.34. The molecule has 11 heteroatoms. The van der Waals surface area contributed by atoms with Crippen LogP contribution in [-0.2, 0) is 33.5 Å². The van der Waals surface area contributed by atoms with Crippen LogP contribution in [0.1, 0.15) is 19.8 Å². The van der Waals surface area contributed by atoms with Crippen LogP contribution in [0.5, 0.6) is 0 Å². The number of aliphatic carboxylic acids is 1. The predicted octanol–water partition coefficient (Wildman–Crippen LogP) is -1.41. The number of carbonyl (C=O) groups is 6. The van der Waals surface area contributed by atoms with Crippen LogP contribution < -0.4 is 5.32 Å². The molecule has 5 amide bonds. The highest BCUT2D eigenvalue weighted by Gasteiger charge is 2.35. The van der Waals surface area contributed by atoms with Gasteiger partial charge >= 0.3 is 5.97 Å². The molecule has 2 aliphatic rings. The quantitative estimate of drug-likeness (QED) is 0.397. The van der Waals surface area contributed by atoms with E-state index >= 15 is 0 Å². The monoisotopic (exact) mass is 407 g/mol. The minimum absolute atomic E-state index is 0.0341. The number of nitrogens with one attached hydrogen (secondary N) is 1. The lowest BCUT2D eigenvalue weighted by atomic mass is 10.1. The minimum atomic E-state index is -1.12. The normalized spacial score (nSPS) is 18.0. The van der Waals surface area contributed by atoms with Crippen molar-refractivity contribution in [2.45, 2.75) is 31.9 Å². The zero-order chi connectivity index (χ0) is 21.6. The second kappa shape index (κ2) is 9.73. The van der Waals surface area contributed by atoms with E-state index < -0.39 is 54.3 Å². The molecule has 2 heterocycles. The van der Waals surface area contributed by atoms with Crippen molar-refractivity contribution >= 4 is 35.5 Å². The molecule has 0 spiro atoms. The number of rotatable bonds is 11. The molecular weight excluding hydrogens is 386 g/mol. The summed E-state index contributed by atoms with van der Waals surface area (Å²) in [6, 6.07) is -0.857. The number of carbonyl (C=O) groups excluding carboxylic acids is 5. The summed E-state index contributed by atoms with van der Waals surface area (Å²) in [5, 5.41) is 11.1. The Morgan fingerprint density at radius 1 is 1.03 bits per heavy atom. The maximum atomic E-state index is 12.1. The Balaban J connectivity index is 1.92. The second-order valence-corrected chi connectivity index (χ2v) is 6.51. The van der Waals surface area contributed by atoms with E-state index in [1.54, 1.807) is 6.92 Å². The van der Waals surface area contributed by atoms with Crippen molar-refractivity contribution in [3.8, 4) is 0 Å². The molecule has 0 saturated heterocycles. The summed E-state index contributed by atoms with van der Waals surface area (Å²) in [6.45, 7) is 0.968. The van der Waals surface area contributed by atoms with E-state index in [2.05, 4.69) is 5.32 Å². The Morgan fingerprint density at radius 3 is 2.14 bits per heavy atom. The summed E-state index contributed by atoms with van der Waals surface area (Å²) in [5.41, 5.74) is 0. The van der Waals surface area contributed by atoms with E-state index in [-0.39, 0.29) is 25.9 Å². The molecule has 0 aromatic rings. The standard InChI is InChI=1S/C18H21N3O8/c1-11(29-10-18(27)28)8-19-13(22)3-2-12(21-16(25)6-7-17(21)26)9-20-14(23)4-5-15(20)24/h4-7,11-12H,2-3,8-10H2,1H3,(H,19,22)(H,27,28). The van der Waals surface area contributed by atoms with Crippen LogP contribution in [0.25, 0.3) is 0 Å². The highest BCUT2D eigenvalue weighted by molar-refractivity contribution is 6.14. The van der Waals surface area contributed by atoms with E-state index in [9.17, 15) is 28.8 Å². The topological polar surface area (TPSA) is 150 Å². The van der Waals surface area contributed by atoms with Gasteiger partial charge in [-0.3, -0.25) is 33.8 Å². The molecule has 2 atom stereocenters. The van der Waals surface area contributed by atoms with E-state index in [4.69, 9.17) is 9.84 Å². The van der Waals surface area contributed by atoms with Gasteiger partial charge < -0.3 is 15.2 Å². The van der Waals surface area contributed by atoms with Crippen molar-refractivity contribution in [3.05, 3.63) is 24.3 Å². The largest absolute Gasteiger partial charge is 0.480 e. The van der Waals surface area contributed by atoms with Crippen molar-refractivity contribution in [1.82, 2.24) is 15.1 Å². The third-order valence-electron chi connectivity index (χ3n) is 4.29. The third kappa shape index (κ3) is 6.07. The molecule has 2 N–H and O–H groups in total. The number of ether oxygens (including phenoxy) is 1. The Morgan fingerprint density at radius 2 is 1.59 bits per heavy atom. The van der Waals surface area contributed by atoms with Gasteiger partial charge in [0.15, 0.2) is 0 Å². The number of nitrogens with zero attached hydrogens (tertiary/aromatic N) is 2. The van der Waals surface area contributed by atoms with Gasteiger partial charge in [0.05, 0.1) is 18.7 Å². The third-order valence-corrected chi connectivity index (χ3v) is 4.29. The van der Waals surface area contributed by atoms with E-state index in [0.717, 1.165) is 34.1 Å². The number of hydrogen-bond donors (Lipinski definition) is 2. The number of carboxylic acid groups (broad SMARTS) is 1. The molecule has 0 fully saturated rings. The molecule has 2 rings (SSSR count). The number of hydrogen-bond acceptors (Lipinski definition) is 7. The first kappa shape index (κ1) is 22.0. The van der Waals surface area contributed by atoms with Crippen LogP contribution in [0.4, 0.5) is 0 Å². The second-order valence-electron chi connectivity index (χ2n) is 6.51. The fourth-order valence-corrected chi connectivity index (χ4v) is 2.81. The van der Waals surface area contributed by atoms with Gasteiger partial charge in [0.1, 0.15) is 6.61 Å². The van der Waals surface area contributed by atoms with Crippen molar-refractivity contribution in [3.63, 3.8) is 0 Å².